The van der Waals surface area contributed by atoms with E-state index in [-0.39, 0.29) is 70.5 Å². The molecule has 2 aliphatic carbocycles. The number of allylic oxidation sites excluding steroid dienone is 1. The fourth-order valence-electron chi connectivity index (χ4n) is 9.66. The molecule has 13 nitrogen and oxygen atoms in total. The highest BCUT2D eigenvalue weighted by molar-refractivity contribution is 6.03. The predicted molar refractivity (Wildman–Crippen MR) is 247 cm³/mol. The first-order chi connectivity index (χ1) is 31.6. The minimum atomic E-state index is -1.49. The van der Waals surface area contributed by atoms with Crippen LogP contribution in [0.1, 0.15) is 88.3 Å². The first kappa shape index (κ1) is 47.6. The zero-order valence-corrected chi connectivity index (χ0v) is 38.2. The fraction of sp³-hybridized carbons (Fsp3) is 0.500. The maximum atomic E-state index is 15.0. The fourth-order valence-corrected chi connectivity index (χ4v) is 9.66. The number of rotatable bonds is 23. The maximum absolute atomic E-state index is 15.0. The zero-order valence-electron chi connectivity index (χ0n) is 38.2. The molecular formula is C52H66N2O11. The lowest BCUT2D eigenvalue weighted by Gasteiger charge is -2.60. The molecular weight excluding hydrogens is 829 g/mol. The minimum Gasteiger partial charge on any atom is -0.490 e. The third kappa shape index (κ3) is 11.4. The van der Waals surface area contributed by atoms with Crippen LogP contribution >= 0.6 is 0 Å². The molecule has 4 aliphatic rings. The van der Waals surface area contributed by atoms with Gasteiger partial charge in [0.2, 0.25) is 12.6 Å². The van der Waals surface area contributed by atoms with Crippen molar-refractivity contribution in [2.75, 3.05) is 46.4 Å². The number of amides is 1. The summed E-state index contributed by atoms with van der Waals surface area (Å²) >= 11 is 0. The summed E-state index contributed by atoms with van der Waals surface area (Å²) < 4.78 is 44.2. The molecule has 0 bridgehead atoms. The SMILES string of the molecule is C=CCOc1ccc2c(c1)[C@H]1[C@H](CCCCO)[C@@H](CCCCO)C=C3C(=NOC(C)(C)C)C[C@H](N(Cc4ccc5c(c4)OCO5)C(=O)OCCOCc4ccccc4)[C@@](OCC=C)(O2)[C@H]31. The van der Waals surface area contributed by atoms with Crippen LogP contribution in [0.2, 0.25) is 0 Å². The van der Waals surface area contributed by atoms with Gasteiger partial charge in [-0.1, -0.05) is 79.2 Å². The van der Waals surface area contributed by atoms with Crippen molar-refractivity contribution in [3.63, 3.8) is 0 Å². The third-order valence-electron chi connectivity index (χ3n) is 12.4. The van der Waals surface area contributed by atoms with Gasteiger partial charge in [0, 0.05) is 37.7 Å². The smallest absolute Gasteiger partial charge is 0.410 e. The third-order valence-corrected chi connectivity index (χ3v) is 12.4. The number of benzene rings is 3. The van der Waals surface area contributed by atoms with Crippen molar-refractivity contribution in [3.8, 4) is 23.0 Å². The molecule has 0 aromatic heterocycles. The highest BCUT2D eigenvalue weighted by Crippen LogP contribution is 2.62. The Morgan fingerprint density at radius 2 is 1.65 bits per heavy atom. The highest BCUT2D eigenvalue weighted by Gasteiger charge is 2.66. The Hall–Kier alpha value is -5.34. The van der Waals surface area contributed by atoms with E-state index in [0.29, 0.717) is 54.8 Å². The molecule has 6 atom stereocenters. The highest BCUT2D eigenvalue weighted by atomic mass is 16.7. The molecule has 0 radical (unpaired) electrons. The molecule has 13 heteroatoms. The monoisotopic (exact) mass is 894 g/mol. The van der Waals surface area contributed by atoms with Gasteiger partial charge in [0.1, 0.15) is 36.4 Å². The quantitative estimate of drug-likeness (QED) is 0.0534. The summed E-state index contributed by atoms with van der Waals surface area (Å²) in [5.74, 6) is 0.370. The normalized spacial score (nSPS) is 23.4. The van der Waals surface area contributed by atoms with E-state index in [1.54, 1.807) is 17.1 Å². The van der Waals surface area contributed by atoms with Crippen LogP contribution in [-0.4, -0.2) is 90.8 Å². The van der Waals surface area contributed by atoms with Crippen LogP contribution < -0.4 is 18.9 Å². The van der Waals surface area contributed by atoms with E-state index in [0.717, 1.165) is 47.9 Å². The molecule has 2 heterocycles. The summed E-state index contributed by atoms with van der Waals surface area (Å²) in [7, 11) is 0. The second-order valence-corrected chi connectivity index (χ2v) is 18.0. The first-order valence-corrected chi connectivity index (χ1v) is 23.0. The van der Waals surface area contributed by atoms with E-state index in [9.17, 15) is 10.2 Å². The van der Waals surface area contributed by atoms with Crippen LogP contribution in [0.5, 0.6) is 23.0 Å². The van der Waals surface area contributed by atoms with Crippen LogP contribution in [0.3, 0.4) is 0 Å². The number of oxime groups is 1. The van der Waals surface area contributed by atoms with E-state index in [1.807, 2.05) is 81.4 Å². The number of hydrogen-bond acceptors (Lipinski definition) is 12. The Balaban J connectivity index is 1.39. The molecule has 65 heavy (non-hydrogen) atoms. The summed E-state index contributed by atoms with van der Waals surface area (Å²) in [6, 6.07) is 20.5. The molecule has 1 amide bonds. The van der Waals surface area contributed by atoms with Crippen LogP contribution in [0.4, 0.5) is 4.79 Å². The van der Waals surface area contributed by atoms with Gasteiger partial charge in [-0.15, -0.1) is 6.58 Å². The Bertz CT molecular complexity index is 2130. The number of unbranched alkanes of at least 4 members (excludes halogenated alkanes) is 2. The molecule has 350 valence electrons. The summed E-state index contributed by atoms with van der Waals surface area (Å²) in [6.07, 6.45) is 9.91. The molecule has 0 saturated heterocycles. The Labute approximate surface area is 383 Å². The van der Waals surface area contributed by atoms with Gasteiger partial charge in [0.05, 0.1) is 31.5 Å². The van der Waals surface area contributed by atoms with Gasteiger partial charge >= 0.3 is 6.09 Å². The van der Waals surface area contributed by atoms with Gasteiger partial charge in [-0.2, -0.15) is 0 Å². The number of ether oxygens (including phenoxy) is 7. The number of hydrogen-bond donors (Lipinski definition) is 2. The standard InChI is InChI=1S/C52H66N2O11/c1-6-25-59-39-20-22-44-42(31-39)48-40(18-12-14-24-56)38(17-11-13-23-55)30-41-43(53-65-51(3,4)5)32-47(52(64-44,49(41)48)63-26-7-2)54(33-37-19-21-45-46(29-37)62-35-61-45)50(57)60-28-27-58-34-36-15-9-8-10-16-36/h6-10,15-16,19-22,29-31,38,40,47-49,55-56H,1-2,11-14,17-18,23-28,32-35H2,3-5H3/t38-,40+,47-,48+,49+,52+/m0/s1. The number of aliphatic hydroxyl groups excluding tert-OH is 2. The van der Waals surface area contributed by atoms with Crippen molar-refractivity contribution in [3.05, 3.63) is 120 Å². The van der Waals surface area contributed by atoms with Gasteiger partial charge < -0.3 is 48.2 Å². The van der Waals surface area contributed by atoms with Gasteiger partial charge in [-0.3, -0.25) is 4.90 Å². The number of nitrogens with zero attached hydrogens (tertiary/aromatic N) is 2. The minimum absolute atomic E-state index is 0.00144. The molecule has 0 unspecified atom stereocenters. The molecule has 1 saturated carbocycles. The summed E-state index contributed by atoms with van der Waals surface area (Å²) in [4.78, 5) is 23.0. The van der Waals surface area contributed by atoms with Crippen LogP contribution in [-0.2, 0) is 32.2 Å². The average Bonchev–Trinajstić information content (AvgIpc) is 3.78. The topological polar surface area (TPSA) is 147 Å². The molecule has 2 aliphatic heterocycles. The molecule has 7 rings (SSSR count). The van der Waals surface area contributed by atoms with Gasteiger partial charge in [-0.25, -0.2) is 4.79 Å². The molecule has 3 aromatic carbocycles. The second-order valence-electron chi connectivity index (χ2n) is 18.0. The van der Waals surface area contributed by atoms with Crippen LogP contribution in [0.15, 0.2) is 109 Å². The summed E-state index contributed by atoms with van der Waals surface area (Å²) in [6.45, 7) is 15.2. The van der Waals surface area contributed by atoms with E-state index in [4.69, 9.17) is 43.2 Å². The second kappa shape index (κ2) is 22.2. The van der Waals surface area contributed by atoms with Crippen molar-refractivity contribution >= 4 is 11.8 Å². The van der Waals surface area contributed by atoms with Crippen LogP contribution in [0.25, 0.3) is 0 Å². The molecule has 2 N–H and O–H groups in total. The Morgan fingerprint density at radius 1 is 0.892 bits per heavy atom. The summed E-state index contributed by atoms with van der Waals surface area (Å²) in [5, 5.41) is 24.9. The van der Waals surface area contributed by atoms with E-state index in [1.165, 1.54) is 0 Å². The van der Waals surface area contributed by atoms with Crippen molar-refractivity contribution in [2.45, 2.75) is 102 Å². The molecule has 3 aromatic rings. The van der Waals surface area contributed by atoms with Crippen molar-refractivity contribution in [1.82, 2.24) is 4.90 Å². The molecule has 1 fully saturated rings. The van der Waals surface area contributed by atoms with E-state index in [2.05, 4.69) is 25.3 Å². The van der Waals surface area contributed by atoms with Crippen molar-refractivity contribution in [1.29, 1.82) is 0 Å². The van der Waals surface area contributed by atoms with Crippen molar-refractivity contribution in [2.24, 2.45) is 22.9 Å². The Morgan fingerprint density at radius 3 is 2.40 bits per heavy atom. The van der Waals surface area contributed by atoms with E-state index < -0.39 is 29.4 Å². The Kier molecular flexibility index (Phi) is 16.3. The predicted octanol–water partition coefficient (Wildman–Crippen LogP) is 9.27. The maximum Gasteiger partial charge on any atom is 0.410 e. The van der Waals surface area contributed by atoms with Gasteiger partial charge in [0.15, 0.2) is 11.5 Å². The largest absolute Gasteiger partial charge is 0.490 e. The number of carbonyl (C=O) groups excluding carboxylic acids is 1. The number of carbonyl (C=O) groups is 1. The lowest BCUT2D eigenvalue weighted by atomic mass is 9.55. The first-order valence-electron chi connectivity index (χ1n) is 23.0. The lowest BCUT2D eigenvalue weighted by molar-refractivity contribution is -0.256. The van der Waals surface area contributed by atoms with Gasteiger partial charge in [-0.05, 0) is 105 Å². The lowest BCUT2D eigenvalue weighted by Crippen LogP contribution is -2.70. The van der Waals surface area contributed by atoms with Crippen LogP contribution in [0, 0.1) is 17.8 Å². The molecule has 0 spiro atoms. The number of aliphatic hydroxyl groups is 2. The summed E-state index contributed by atoms with van der Waals surface area (Å²) in [5.41, 5.74) is 3.73. The van der Waals surface area contributed by atoms with Crippen molar-refractivity contribution < 1.29 is 53.0 Å². The zero-order chi connectivity index (χ0) is 45.8. The van der Waals surface area contributed by atoms with Gasteiger partial charge in [0.25, 0.3) is 0 Å². The van der Waals surface area contributed by atoms with E-state index >= 15 is 4.79 Å². The average molecular weight is 895 g/mol. The number of fused-ring (bicyclic) bond motifs is 3.